The van der Waals surface area contributed by atoms with Crippen LogP contribution in [0, 0.1) is 0 Å². The van der Waals surface area contributed by atoms with Crippen LogP contribution in [0.3, 0.4) is 0 Å². The van der Waals surface area contributed by atoms with Gasteiger partial charge in [-0.05, 0) is 23.6 Å². The van der Waals surface area contributed by atoms with Crippen molar-refractivity contribution in [1.29, 1.82) is 0 Å². The van der Waals surface area contributed by atoms with Crippen LogP contribution in [0.4, 0.5) is 0 Å². The predicted octanol–water partition coefficient (Wildman–Crippen LogP) is 1.71. The van der Waals surface area contributed by atoms with E-state index in [1.807, 2.05) is 18.2 Å². The Morgan fingerprint density at radius 1 is 1.09 bits per heavy atom. The molecule has 3 rings (SSSR count). The minimum absolute atomic E-state index is 0.181. The third-order valence-electron chi connectivity index (χ3n) is 3.00. The lowest BCUT2D eigenvalue weighted by Crippen LogP contribution is -2.41. The van der Waals surface area contributed by atoms with Gasteiger partial charge in [0.15, 0.2) is 11.4 Å². The van der Waals surface area contributed by atoms with Crippen LogP contribution >= 0.6 is 11.3 Å². The molecule has 116 valence electrons. The van der Waals surface area contributed by atoms with E-state index in [1.165, 1.54) is 22.2 Å². The van der Waals surface area contributed by atoms with Crippen molar-refractivity contribution < 1.29 is 14.7 Å². The zero-order valence-electron chi connectivity index (χ0n) is 11.8. The fourth-order valence-electron chi connectivity index (χ4n) is 1.88. The Morgan fingerprint density at radius 2 is 1.83 bits per heavy atom. The first-order valence-electron chi connectivity index (χ1n) is 6.62. The van der Waals surface area contributed by atoms with E-state index in [4.69, 9.17) is 0 Å². The first-order chi connectivity index (χ1) is 11.1. The van der Waals surface area contributed by atoms with E-state index in [-0.39, 0.29) is 11.4 Å². The number of hydrazine groups is 1. The van der Waals surface area contributed by atoms with Gasteiger partial charge in [0.1, 0.15) is 0 Å². The van der Waals surface area contributed by atoms with Gasteiger partial charge in [0.05, 0.1) is 17.4 Å². The number of carbonyl (C=O) groups is 2. The summed E-state index contributed by atoms with van der Waals surface area (Å²) in [6, 6.07) is 10.7. The molecule has 0 aliphatic heterocycles. The average Bonchev–Trinajstić information content (AvgIpc) is 3.23. The third-order valence-corrected chi connectivity index (χ3v) is 3.69. The molecular formula is C15H12N4O3S. The molecule has 2 aromatic heterocycles. The highest BCUT2D eigenvalue weighted by Gasteiger charge is 2.18. The first kappa shape index (κ1) is 14.8. The van der Waals surface area contributed by atoms with Gasteiger partial charge in [-0.25, -0.2) is 4.68 Å². The van der Waals surface area contributed by atoms with Gasteiger partial charge < -0.3 is 5.11 Å². The lowest BCUT2D eigenvalue weighted by atomic mass is 10.3. The number of para-hydroxylation sites is 1. The zero-order chi connectivity index (χ0) is 16.2. The van der Waals surface area contributed by atoms with Crippen molar-refractivity contribution in [3.63, 3.8) is 0 Å². The van der Waals surface area contributed by atoms with Crippen LogP contribution in [0.2, 0.25) is 0 Å². The Hall–Kier alpha value is -3.13. The molecule has 0 spiro atoms. The van der Waals surface area contributed by atoms with E-state index >= 15 is 0 Å². The van der Waals surface area contributed by atoms with Crippen molar-refractivity contribution in [2.45, 2.75) is 0 Å². The summed E-state index contributed by atoms with van der Waals surface area (Å²) in [5.74, 6) is -1.43. The number of carbonyl (C=O) groups excluding carboxylic acids is 2. The van der Waals surface area contributed by atoms with E-state index < -0.39 is 11.8 Å². The molecule has 0 saturated heterocycles. The number of aromatic hydroxyl groups is 1. The van der Waals surface area contributed by atoms with Crippen molar-refractivity contribution in [1.82, 2.24) is 20.6 Å². The Labute approximate surface area is 135 Å². The van der Waals surface area contributed by atoms with Gasteiger partial charge in [-0.2, -0.15) is 16.4 Å². The summed E-state index contributed by atoms with van der Waals surface area (Å²) >= 11 is 1.37. The lowest BCUT2D eigenvalue weighted by Gasteiger charge is -2.04. The summed E-state index contributed by atoms with van der Waals surface area (Å²) in [5.41, 5.74) is 5.45. The van der Waals surface area contributed by atoms with E-state index in [0.717, 1.165) is 0 Å². The quantitative estimate of drug-likeness (QED) is 0.638. The second-order valence-electron chi connectivity index (χ2n) is 4.56. The highest BCUT2D eigenvalue weighted by Crippen LogP contribution is 2.17. The zero-order valence-corrected chi connectivity index (χ0v) is 12.6. The summed E-state index contributed by atoms with van der Waals surface area (Å²) in [5, 5.41) is 17.3. The van der Waals surface area contributed by atoms with E-state index in [9.17, 15) is 14.7 Å². The van der Waals surface area contributed by atoms with Crippen LogP contribution in [-0.2, 0) is 0 Å². The van der Waals surface area contributed by atoms with Gasteiger partial charge >= 0.3 is 0 Å². The number of amides is 2. The summed E-state index contributed by atoms with van der Waals surface area (Å²) in [6.07, 6.45) is 1.32. The number of thiophene rings is 1. The summed E-state index contributed by atoms with van der Waals surface area (Å²) in [7, 11) is 0. The number of hydrogen-bond donors (Lipinski definition) is 3. The molecule has 0 radical (unpaired) electrons. The first-order valence-corrected chi connectivity index (χ1v) is 7.56. The second kappa shape index (κ2) is 6.32. The van der Waals surface area contributed by atoms with Crippen LogP contribution in [0.25, 0.3) is 5.69 Å². The molecule has 23 heavy (non-hydrogen) atoms. The highest BCUT2D eigenvalue weighted by molar-refractivity contribution is 7.08. The molecule has 2 amide bonds. The molecule has 3 N–H and O–H groups in total. The van der Waals surface area contributed by atoms with E-state index in [2.05, 4.69) is 16.0 Å². The molecule has 7 nitrogen and oxygen atoms in total. The van der Waals surface area contributed by atoms with Gasteiger partial charge in [0.25, 0.3) is 11.8 Å². The molecule has 0 aliphatic rings. The Balaban J connectivity index is 1.70. The Bertz CT molecular complexity index is 828. The summed E-state index contributed by atoms with van der Waals surface area (Å²) in [6.45, 7) is 0. The number of nitrogens with one attached hydrogen (secondary N) is 2. The average molecular weight is 328 g/mol. The van der Waals surface area contributed by atoms with Crippen molar-refractivity contribution in [3.05, 3.63) is 64.6 Å². The fraction of sp³-hybridized carbons (Fsp3) is 0. The predicted molar refractivity (Wildman–Crippen MR) is 84.5 cm³/mol. The summed E-state index contributed by atoms with van der Waals surface area (Å²) in [4.78, 5) is 23.8. The molecule has 0 fully saturated rings. The Kier molecular flexibility index (Phi) is 4.07. The SMILES string of the molecule is O=C(NNC(=O)c1nn(-c2ccccc2)cc1O)c1ccsc1. The van der Waals surface area contributed by atoms with Crippen molar-refractivity contribution in [2.24, 2.45) is 0 Å². The van der Waals surface area contributed by atoms with Crippen molar-refractivity contribution in [3.8, 4) is 11.4 Å². The minimum Gasteiger partial charge on any atom is -0.504 e. The van der Waals surface area contributed by atoms with E-state index in [0.29, 0.717) is 11.3 Å². The molecule has 0 atom stereocenters. The molecule has 3 aromatic rings. The number of nitrogens with zero attached hydrogens (tertiary/aromatic N) is 2. The van der Waals surface area contributed by atoms with Crippen LogP contribution in [0.5, 0.6) is 5.75 Å². The van der Waals surface area contributed by atoms with Crippen LogP contribution in [0.1, 0.15) is 20.8 Å². The molecule has 1 aromatic carbocycles. The van der Waals surface area contributed by atoms with Crippen molar-refractivity contribution in [2.75, 3.05) is 0 Å². The molecule has 2 heterocycles. The van der Waals surface area contributed by atoms with Gasteiger partial charge in [-0.1, -0.05) is 18.2 Å². The number of aromatic nitrogens is 2. The molecule has 8 heteroatoms. The third kappa shape index (κ3) is 3.22. The fourth-order valence-corrected chi connectivity index (χ4v) is 2.51. The second-order valence-corrected chi connectivity index (χ2v) is 5.34. The lowest BCUT2D eigenvalue weighted by molar-refractivity contribution is 0.0842. The topological polar surface area (TPSA) is 96.3 Å². The molecule has 0 bridgehead atoms. The maximum Gasteiger partial charge on any atom is 0.294 e. The van der Waals surface area contributed by atoms with Crippen LogP contribution in [-0.4, -0.2) is 26.7 Å². The normalized spacial score (nSPS) is 10.3. The monoisotopic (exact) mass is 328 g/mol. The van der Waals surface area contributed by atoms with Gasteiger partial charge in [0.2, 0.25) is 0 Å². The standard InChI is InChI=1S/C15H12N4O3S/c20-12-8-19(11-4-2-1-3-5-11)18-13(12)15(22)17-16-14(21)10-6-7-23-9-10/h1-9,20H,(H,16,21)(H,17,22). The van der Waals surface area contributed by atoms with E-state index in [1.54, 1.807) is 29.0 Å². The van der Waals surface area contributed by atoms with Gasteiger partial charge in [0, 0.05) is 5.38 Å². The number of benzene rings is 1. The molecule has 0 aliphatic carbocycles. The number of hydrogen-bond acceptors (Lipinski definition) is 5. The van der Waals surface area contributed by atoms with Gasteiger partial charge in [-0.3, -0.25) is 20.4 Å². The summed E-state index contributed by atoms with van der Waals surface area (Å²) < 4.78 is 1.38. The maximum atomic E-state index is 12.0. The van der Waals surface area contributed by atoms with Crippen LogP contribution in [0.15, 0.2) is 53.4 Å². The largest absolute Gasteiger partial charge is 0.504 e. The Morgan fingerprint density at radius 3 is 2.52 bits per heavy atom. The molecule has 0 saturated carbocycles. The maximum absolute atomic E-state index is 12.0. The highest BCUT2D eigenvalue weighted by atomic mass is 32.1. The number of rotatable bonds is 3. The smallest absolute Gasteiger partial charge is 0.294 e. The molecular weight excluding hydrogens is 316 g/mol. The van der Waals surface area contributed by atoms with Gasteiger partial charge in [-0.15, -0.1) is 0 Å². The minimum atomic E-state index is -0.708. The van der Waals surface area contributed by atoms with Crippen molar-refractivity contribution >= 4 is 23.2 Å². The molecule has 0 unspecified atom stereocenters. The van der Waals surface area contributed by atoms with Crippen LogP contribution < -0.4 is 10.9 Å².